The zero-order valence-electron chi connectivity index (χ0n) is 11.1. The van der Waals surface area contributed by atoms with Crippen LogP contribution in [-0.4, -0.2) is 20.6 Å². The number of aromatic carboxylic acids is 1. The number of hydrogen-bond donors (Lipinski definition) is 0. The summed E-state index contributed by atoms with van der Waals surface area (Å²) in [5, 5.41) is 13.8. The molecule has 9 heteroatoms. The van der Waals surface area contributed by atoms with Crippen molar-refractivity contribution in [2.75, 3.05) is 0 Å². The second kappa shape index (κ2) is 5.24. The number of carbonyl (C=O) groups excluding carboxylic acids is 1. The zero-order valence-corrected chi connectivity index (χ0v) is 11.9. The molecule has 0 aliphatic rings. The van der Waals surface area contributed by atoms with Crippen molar-refractivity contribution in [3.8, 4) is 11.3 Å². The average molecular weight is 341 g/mol. The summed E-state index contributed by atoms with van der Waals surface area (Å²) < 4.78 is 40.1. The Hall–Kier alpha value is -2.61. The second-order valence-corrected chi connectivity index (χ2v) is 4.95. The summed E-state index contributed by atoms with van der Waals surface area (Å²) in [6.45, 7) is 0. The van der Waals surface area contributed by atoms with Crippen LogP contribution < -0.4 is 5.11 Å². The fraction of sp³-hybridized carbons (Fsp3) is 0.0714. The van der Waals surface area contributed by atoms with Crippen molar-refractivity contribution in [1.29, 1.82) is 0 Å². The highest BCUT2D eigenvalue weighted by Gasteiger charge is 2.36. The quantitative estimate of drug-likeness (QED) is 0.718. The maximum absolute atomic E-state index is 13.3. The summed E-state index contributed by atoms with van der Waals surface area (Å²) in [6, 6.07) is 8.90. The minimum Gasteiger partial charge on any atom is -0.543 e. The molecular formula is C14H6ClF3N3O2-. The predicted octanol–water partition coefficient (Wildman–Crippen LogP) is 2.43. The predicted molar refractivity (Wildman–Crippen MR) is 72.8 cm³/mol. The van der Waals surface area contributed by atoms with Crippen LogP contribution in [-0.2, 0) is 6.18 Å². The van der Waals surface area contributed by atoms with Crippen molar-refractivity contribution < 1.29 is 23.1 Å². The number of alkyl halides is 3. The SMILES string of the molecule is O=C([O-])c1nn2c(C(F)(F)F)cc(-c3ccccc3)nc2c1Cl. The molecule has 118 valence electrons. The van der Waals surface area contributed by atoms with Crippen LogP contribution in [0.5, 0.6) is 0 Å². The van der Waals surface area contributed by atoms with E-state index in [-0.39, 0.29) is 5.69 Å². The number of fused-ring (bicyclic) bond motifs is 1. The highest BCUT2D eigenvalue weighted by atomic mass is 35.5. The first-order valence-corrected chi connectivity index (χ1v) is 6.60. The lowest BCUT2D eigenvalue weighted by molar-refractivity contribution is -0.255. The number of carboxylic acid groups (broad SMARTS) is 1. The third-order valence-corrected chi connectivity index (χ3v) is 3.43. The summed E-state index contributed by atoms with van der Waals surface area (Å²) in [7, 11) is 0. The van der Waals surface area contributed by atoms with E-state index < -0.39 is 34.2 Å². The topological polar surface area (TPSA) is 70.3 Å². The maximum Gasteiger partial charge on any atom is 0.433 e. The number of carbonyl (C=O) groups is 1. The first kappa shape index (κ1) is 15.3. The Kier molecular flexibility index (Phi) is 3.48. The van der Waals surface area contributed by atoms with E-state index >= 15 is 0 Å². The van der Waals surface area contributed by atoms with Crippen LogP contribution in [0.15, 0.2) is 36.4 Å². The standard InChI is InChI=1S/C14H7ClF3N3O2/c15-10-11(13(22)23)20-21-9(14(16,17)18)6-8(19-12(10)21)7-4-2-1-3-5-7/h1-6H,(H,22,23)/p-1. The molecule has 0 radical (unpaired) electrons. The Bertz CT molecular complexity index is 907. The average Bonchev–Trinajstić information content (AvgIpc) is 2.84. The smallest absolute Gasteiger partial charge is 0.433 e. The molecule has 0 saturated carbocycles. The third-order valence-electron chi connectivity index (χ3n) is 3.09. The van der Waals surface area contributed by atoms with Crippen LogP contribution in [0.25, 0.3) is 16.9 Å². The maximum atomic E-state index is 13.3. The van der Waals surface area contributed by atoms with Crippen LogP contribution in [0.4, 0.5) is 13.2 Å². The van der Waals surface area contributed by atoms with Gasteiger partial charge in [0.1, 0.15) is 10.7 Å². The van der Waals surface area contributed by atoms with Gasteiger partial charge in [0.05, 0.1) is 11.7 Å². The molecule has 3 aromatic rings. The minimum absolute atomic E-state index is 0.00266. The van der Waals surface area contributed by atoms with Crippen LogP contribution in [0.1, 0.15) is 16.2 Å². The van der Waals surface area contributed by atoms with E-state index in [0.717, 1.165) is 6.07 Å². The molecule has 0 amide bonds. The molecule has 0 aliphatic carbocycles. The van der Waals surface area contributed by atoms with E-state index in [1.165, 1.54) is 0 Å². The van der Waals surface area contributed by atoms with E-state index in [2.05, 4.69) is 10.1 Å². The number of aromatic nitrogens is 3. The van der Waals surface area contributed by atoms with Gasteiger partial charge in [-0.15, -0.1) is 0 Å². The Balaban J connectivity index is 2.38. The number of carboxylic acids is 1. The molecule has 3 rings (SSSR count). The van der Waals surface area contributed by atoms with Gasteiger partial charge >= 0.3 is 6.18 Å². The van der Waals surface area contributed by atoms with E-state index in [9.17, 15) is 23.1 Å². The molecule has 2 aromatic heterocycles. The van der Waals surface area contributed by atoms with Gasteiger partial charge in [0.2, 0.25) is 0 Å². The third kappa shape index (κ3) is 2.61. The fourth-order valence-corrected chi connectivity index (χ4v) is 2.32. The monoisotopic (exact) mass is 340 g/mol. The minimum atomic E-state index is -4.77. The summed E-state index contributed by atoms with van der Waals surface area (Å²) in [6.07, 6.45) is -4.77. The molecule has 23 heavy (non-hydrogen) atoms. The number of hydrogen-bond acceptors (Lipinski definition) is 4. The Morgan fingerprint density at radius 3 is 2.43 bits per heavy atom. The molecule has 0 aliphatic heterocycles. The summed E-state index contributed by atoms with van der Waals surface area (Å²) in [5.41, 5.74) is -1.96. The molecule has 1 aromatic carbocycles. The van der Waals surface area contributed by atoms with Gasteiger partial charge in [0, 0.05) is 5.56 Å². The second-order valence-electron chi connectivity index (χ2n) is 4.58. The van der Waals surface area contributed by atoms with Crippen molar-refractivity contribution in [2.45, 2.75) is 6.18 Å². The summed E-state index contributed by atoms with van der Waals surface area (Å²) >= 11 is 5.80. The van der Waals surface area contributed by atoms with Gasteiger partial charge in [-0.2, -0.15) is 18.3 Å². The molecule has 0 saturated heterocycles. The molecule has 2 heterocycles. The van der Waals surface area contributed by atoms with Crippen molar-refractivity contribution >= 4 is 23.2 Å². The van der Waals surface area contributed by atoms with Gasteiger partial charge in [-0.1, -0.05) is 41.9 Å². The van der Waals surface area contributed by atoms with Gasteiger partial charge in [0.15, 0.2) is 11.3 Å². The fourth-order valence-electron chi connectivity index (χ4n) is 2.08. The van der Waals surface area contributed by atoms with Crippen LogP contribution in [0.2, 0.25) is 5.02 Å². The Morgan fingerprint density at radius 2 is 1.87 bits per heavy atom. The molecule has 0 bridgehead atoms. The van der Waals surface area contributed by atoms with Crippen LogP contribution in [0.3, 0.4) is 0 Å². The molecule has 5 nitrogen and oxygen atoms in total. The Labute approximate surface area is 131 Å². The van der Waals surface area contributed by atoms with E-state index in [0.29, 0.717) is 10.1 Å². The number of benzene rings is 1. The molecule has 0 N–H and O–H groups in total. The number of nitrogens with zero attached hydrogens (tertiary/aromatic N) is 3. The van der Waals surface area contributed by atoms with E-state index in [4.69, 9.17) is 11.6 Å². The van der Waals surface area contributed by atoms with E-state index in [1.807, 2.05) is 0 Å². The van der Waals surface area contributed by atoms with Crippen molar-refractivity contribution in [3.05, 3.63) is 52.8 Å². The van der Waals surface area contributed by atoms with Crippen molar-refractivity contribution in [3.63, 3.8) is 0 Å². The Morgan fingerprint density at radius 1 is 1.22 bits per heavy atom. The molecular weight excluding hydrogens is 335 g/mol. The van der Waals surface area contributed by atoms with Gasteiger partial charge in [0.25, 0.3) is 0 Å². The molecule has 0 spiro atoms. The van der Waals surface area contributed by atoms with Gasteiger partial charge in [-0.05, 0) is 6.07 Å². The van der Waals surface area contributed by atoms with Gasteiger partial charge in [-0.25, -0.2) is 9.50 Å². The highest BCUT2D eigenvalue weighted by Crippen LogP contribution is 2.34. The normalized spacial score (nSPS) is 11.8. The number of halogens is 4. The largest absolute Gasteiger partial charge is 0.543 e. The highest BCUT2D eigenvalue weighted by molar-refractivity contribution is 6.36. The van der Waals surface area contributed by atoms with Crippen LogP contribution >= 0.6 is 11.6 Å². The lowest BCUT2D eigenvalue weighted by atomic mass is 10.1. The van der Waals surface area contributed by atoms with Crippen molar-refractivity contribution in [1.82, 2.24) is 14.6 Å². The first-order valence-electron chi connectivity index (χ1n) is 6.22. The van der Waals surface area contributed by atoms with Gasteiger partial charge < -0.3 is 9.90 Å². The number of rotatable bonds is 2. The summed E-state index contributed by atoms with van der Waals surface area (Å²) in [5.74, 6) is -1.78. The van der Waals surface area contributed by atoms with Gasteiger partial charge in [-0.3, -0.25) is 0 Å². The molecule has 0 atom stereocenters. The zero-order chi connectivity index (χ0) is 16.8. The van der Waals surface area contributed by atoms with Crippen molar-refractivity contribution in [2.24, 2.45) is 0 Å². The first-order chi connectivity index (χ1) is 10.8. The lowest BCUT2D eigenvalue weighted by Gasteiger charge is -2.11. The van der Waals surface area contributed by atoms with E-state index in [1.54, 1.807) is 30.3 Å². The van der Waals surface area contributed by atoms with Crippen LogP contribution in [0, 0.1) is 0 Å². The molecule has 0 fully saturated rings. The lowest BCUT2D eigenvalue weighted by Crippen LogP contribution is -2.23. The summed E-state index contributed by atoms with van der Waals surface area (Å²) in [4.78, 5) is 14.9. The molecule has 0 unspecified atom stereocenters.